The second-order valence-electron chi connectivity index (χ2n) is 11.1. The number of unbranched alkanes of at least 4 members (excludes halogenated alkanes) is 1. The number of carbonyl (C=O) groups excluding carboxylic acids is 1. The summed E-state index contributed by atoms with van der Waals surface area (Å²) in [6, 6.07) is 15.8. The van der Waals surface area contributed by atoms with Gasteiger partial charge in [0.15, 0.2) is 5.65 Å². The van der Waals surface area contributed by atoms with Crippen LogP contribution in [0.2, 0.25) is 0 Å². The topological polar surface area (TPSA) is 180 Å². The van der Waals surface area contributed by atoms with Crippen LogP contribution >= 0.6 is 0 Å². The Bertz CT molecular complexity index is 2060. The van der Waals surface area contributed by atoms with Gasteiger partial charge in [0, 0.05) is 18.7 Å². The highest BCUT2D eigenvalue weighted by atomic mass is 32.2. The van der Waals surface area contributed by atoms with Crippen molar-refractivity contribution in [2.75, 3.05) is 5.32 Å². The van der Waals surface area contributed by atoms with Gasteiger partial charge < -0.3 is 9.88 Å². The summed E-state index contributed by atoms with van der Waals surface area (Å²) in [5.74, 6) is -1.02. The summed E-state index contributed by atoms with van der Waals surface area (Å²) < 4.78 is 30.5. The molecule has 0 aliphatic rings. The van der Waals surface area contributed by atoms with E-state index in [0.717, 1.165) is 49.4 Å². The number of hydrogen-bond donors (Lipinski definition) is 1. The van der Waals surface area contributed by atoms with E-state index < -0.39 is 37.0 Å². The molecule has 14 heteroatoms. The minimum atomic E-state index is -4.35. The number of amides is 1. The molecule has 5 rings (SSSR count). The largest absolute Gasteiger partial charge is 0.309 e. The molecule has 3 aromatic carbocycles. The Hall–Kier alpha value is -5.24. The summed E-state index contributed by atoms with van der Waals surface area (Å²) in [5.41, 5.74) is 0.375. The standard InChI is InChI=1S/C32H32N6O7S/c1-4-6-9-21(5-2)19-36-30-28(33-26-10-7-8-11-27(26)34-30)29(46(44,45)25-14-12-20(3)13-15-25)31(36)35-32(39)22-16-23(37(40)41)18-24(17-22)38(42)43/h7-8,10-18,21H,4-6,9,19H2,1-3H3,(H,35,39). The second-order valence-corrected chi connectivity index (χ2v) is 13.0. The third-order valence-corrected chi connectivity index (χ3v) is 9.73. The van der Waals surface area contributed by atoms with Crippen LogP contribution in [0.25, 0.3) is 22.2 Å². The number of rotatable bonds is 12. The van der Waals surface area contributed by atoms with Gasteiger partial charge in [0.1, 0.15) is 16.2 Å². The van der Waals surface area contributed by atoms with Gasteiger partial charge in [-0.15, -0.1) is 0 Å². The van der Waals surface area contributed by atoms with Gasteiger partial charge in [-0.1, -0.05) is 62.9 Å². The van der Waals surface area contributed by atoms with Gasteiger partial charge in [0.05, 0.1) is 37.4 Å². The molecule has 0 fully saturated rings. The number of anilines is 1. The van der Waals surface area contributed by atoms with Crippen LogP contribution in [0.5, 0.6) is 0 Å². The fraction of sp³-hybridized carbons (Fsp3) is 0.281. The molecule has 2 aromatic heterocycles. The number of hydrogen-bond acceptors (Lipinski definition) is 9. The van der Waals surface area contributed by atoms with E-state index in [0.29, 0.717) is 11.0 Å². The van der Waals surface area contributed by atoms with Crippen molar-refractivity contribution in [1.29, 1.82) is 0 Å². The van der Waals surface area contributed by atoms with Crippen molar-refractivity contribution in [2.45, 2.75) is 62.8 Å². The van der Waals surface area contributed by atoms with Crippen molar-refractivity contribution in [3.8, 4) is 0 Å². The van der Waals surface area contributed by atoms with Crippen molar-refractivity contribution >= 4 is 55.1 Å². The Morgan fingerprint density at radius 1 is 0.935 bits per heavy atom. The van der Waals surface area contributed by atoms with Gasteiger partial charge in [0.25, 0.3) is 17.3 Å². The number of aryl methyl sites for hydroxylation is 1. The zero-order valence-electron chi connectivity index (χ0n) is 25.5. The third-order valence-electron chi connectivity index (χ3n) is 7.91. The van der Waals surface area contributed by atoms with Crippen LogP contribution in [0.4, 0.5) is 17.2 Å². The smallest absolute Gasteiger partial charge is 0.277 e. The maximum absolute atomic E-state index is 14.5. The fourth-order valence-corrected chi connectivity index (χ4v) is 6.89. The van der Waals surface area contributed by atoms with Crippen molar-refractivity contribution < 1.29 is 23.1 Å². The number of benzene rings is 3. The van der Waals surface area contributed by atoms with Crippen LogP contribution in [0.1, 0.15) is 55.5 Å². The number of nitrogens with one attached hydrogen (secondary N) is 1. The monoisotopic (exact) mass is 644 g/mol. The molecule has 2 heterocycles. The quantitative estimate of drug-likeness (QED) is 0.110. The van der Waals surface area contributed by atoms with Crippen molar-refractivity contribution in [1.82, 2.24) is 14.5 Å². The third kappa shape index (κ3) is 6.29. The Kier molecular flexibility index (Phi) is 9.10. The molecule has 0 bridgehead atoms. The lowest BCUT2D eigenvalue weighted by atomic mass is 9.99. The van der Waals surface area contributed by atoms with E-state index in [4.69, 9.17) is 9.97 Å². The molecule has 0 saturated carbocycles. The molecule has 0 spiro atoms. The number of non-ortho nitro benzene ring substituents is 2. The molecule has 13 nitrogen and oxygen atoms in total. The van der Waals surface area contributed by atoms with Crippen molar-refractivity contribution in [3.05, 3.63) is 98.1 Å². The summed E-state index contributed by atoms with van der Waals surface area (Å²) in [6.45, 7) is 6.21. The van der Waals surface area contributed by atoms with E-state index in [1.165, 1.54) is 12.1 Å². The number of sulfone groups is 1. The zero-order valence-corrected chi connectivity index (χ0v) is 26.3. The SMILES string of the molecule is CCCCC(CC)Cn1c(NC(=O)c2cc([N+](=O)[O-])cc([N+](=O)[O-])c2)c(S(=O)(=O)c2ccc(C)cc2)c2nc3ccccc3nc21. The molecular formula is C32H32N6O7S. The van der Waals surface area contributed by atoms with Gasteiger partial charge in [-0.2, -0.15) is 0 Å². The lowest BCUT2D eigenvalue weighted by Gasteiger charge is -2.19. The first-order chi connectivity index (χ1) is 21.9. The number of nitrogens with zero attached hydrogens (tertiary/aromatic N) is 5. The average molecular weight is 645 g/mol. The summed E-state index contributed by atoms with van der Waals surface area (Å²) in [4.78, 5) is 44.4. The Balaban J connectivity index is 1.81. The highest BCUT2D eigenvalue weighted by Gasteiger charge is 2.33. The van der Waals surface area contributed by atoms with Crippen LogP contribution in [-0.2, 0) is 16.4 Å². The molecule has 1 N–H and O–H groups in total. The average Bonchev–Trinajstić information content (AvgIpc) is 3.33. The van der Waals surface area contributed by atoms with Crippen LogP contribution < -0.4 is 5.32 Å². The van der Waals surface area contributed by atoms with Crippen molar-refractivity contribution in [3.63, 3.8) is 0 Å². The van der Waals surface area contributed by atoms with Crippen LogP contribution in [-0.4, -0.2) is 38.7 Å². The molecule has 1 atom stereocenters. The number of fused-ring (bicyclic) bond motifs is 2. The molecule has 5 aromatic rings. The highest BCUT2D eigenvalue weighted by Crippen LogP contribution is 2.38. The predicted molar refractivity (Wildman–Crippen MR) is 173 cm³/mol. The van der Waals surface area contributed by atoms with Crippen LogP contribution in [0.15, 0.2) is 76.5 Å². The predicted octanol–water partition coefficient (Wildman–Crippen LogP) is 7.01. The van der Waals surface area contributed by atoms with E-state index in [1.807, 2.05) is 13.8 Å². The molecule has 0 saturated heterocycles. The Morgan fingerprint density at radius 3 is 2.11 bits per heavy atom. The minimum absolute atomic E-state index is 0.0355. The van der Waals surface area contributed by atoms with Gasteiger partial charge in [0.2, 0.25) is 9.84 Å². The number of aromatic nitrogens is 3. The van der Waals surface area contributed by atoms with E-state index in [2.05, 4.69) is 12.2 Å². The molecule has 0 radical (unpaired) electrons. The van der Waals surface area contributed by atoms with Crippen molar-refractivity contribution in [2.24, 2.45) is 5.92 Å². The summed E-state index contributed by atoms with van der Waals surface area (Å²) in [6.07, 6.45) is 3.47. The first kappa shape index (κ1) is 32.2. The van der Waals surface area contributed by atoms with E-state index >= 15 is 0 Å². The first-order valence-corrected chi connectivity index (χ1v) is 16.3. The molecular weight excluding hydrogens is 612 g/mol. The number of para-hydroxylation sites is 2. The zero-order chi connectivity index (χ0) is 33.2. The second kappa shape index (κ2) is 13.0. The molecule has 0 aliphatic heterocycles. The van der Waals surface area contributed by atoms with Gasteiger partial charge in [-0.3, -0.25) is 25.0 Å². The van der Waals surface area contributed by atoms with E-state index in [9.17, 15) is 33.4 Å². The van der Waals surface area contributed by atoms with Gasteiger partial charge >= 0.3 is 0 Å². The summed E-state index contributed by atoms with van der Waals surface area (Å²) in [5, 5.41) is 25.8. The summed E-state index contributed by atoms with van der Waals surface area (Å²) >= 11 is 0. The minimum Gasteiger partial charge on any atom is -0.309 e. The molecule has 46 heavy (non-hydrogen) atoms. The Labute approximate surface area is 264 Å². The maximum atomic E-state index is 14.5. The molecule has 238 valence electrons. The van der Waals surface area contributed by atoms with Gasteiger partial charge in [-0.05, 0) is 43.5 Å². The first-order valence-electron chi connectivity index (χ1n) is 14.8. The number of nitro groups is 2. The van der Waals surface area contributed by atoms with Crippen LogP contribution in [0, 0.1) is 33.1 Å². The Morgan fingerprint density at radius 2 is 1.54 bits per heavy atom. The van der Waals surface area contributed by atoms with Crippen LogP contribution in [0.3, 0.4) is 0 Å². The highest BCUT2D eigenvalue weighted by molar-refractivity contribution is 7.92. The van der Waals surface area contributed by atoms with E-state index in [1.54, 1.807) is 41.0 Å². The summed E-state index contributed by atoms with van der Waals surface area (Å²) in [7, 11) is -4.35. The van der Waals surface area contributed by atoms with E-state index in [-0.39, 0.29) is 44.8 Å². The number of carbonyl (C=O) groups is 1. The lowest BCUT2D eigenvalue weighted by molar-refractivity contribution is -0.394. The molecule has 1 unspecified atom stereocenters. The fourth-order valence-electron chi connectivity index (χ4n) is 5.36. The molecule has 1 amide bonds. The normalized spacial score (nSPS) is 12.3. The molecule has 0 aliphatic carbocycles. The lowest BCUT2D eigenvalue weighted by Crippen LogP contribution is -2.20. The number of nitro benzene ring substituents is 2. The maximum Gasteiger partial charge on any atom is 0.277 e. The van der Waals surface area contributed by atoms with Gasteiger partial charge in [-0.25, -0.2) is 18.4 Å².